The van der Waals surface area contributed by atoms with Crippen LogP contribution in [0.1, 0.15) is 20.7 Å². The van der Waals surface area contributed by atoms with E-state index in [1.54, 1.807) is 42.5 Å². The van der Waals surface area contributed by atoms with Crippen molar-refractivity contribution >= 4 is 34.2 Å². The molecule has 4 aromatic rings. The fourth-order valence-corrected chi connectivity index (χ4v) is 3.48. The van der Waals surface area contributed by atoms with E-state index in [-0.39, 0.29) is 5.91 Å². The molecule has 4 rings (SSSR count). The summed E-state index contributed by atoms with van der Waals surface area (Å²) < 4.78 is 15.9. The third-order valence-corrected chi connectivity index (χ3v) is 5.15. The smallest absolute Gasteiger partial charge is 0.256 e. The summed E-state index contributed by atoms with van der Waals surface area (Å²) in [5, 5.41) is 6.57. The third-order valence-electron chi connectivity index (χ3n) is 5.15. The number of aromatic nitrogens is 1. The summed E-state index contributed by atoms with van der Waals surface area (Å²) in [4.78, 5) is 30.1. The van der Waals surface area contributed by atoms with Crippen molar-refractivity contribution in [2.45, 2.75) is 0 Å². The number of rotatable bonds is 7. The van der Waals surface area contributed by atoms with Gasteiger partial charge in [0.05, 0.1) is 26.8 Å². The van der Waals surface area contributed by atoms with Crippen molar-refractivity contribution in [2.24, 2.45) is 0 Å². The summed E-state index contributed by atoms with van der Waals surface area (Å²) in [6, 6.07) is 21.0. The standard InChI is InChI=1S/C26H23N3O5/c1-32-21-14-18(15-22(33-2)24(21)34-3)26(31)27-19-9-6-8-17(13-19)25(30)29-23-12-11-16-7-4-5-10-20(16)28-23/h4-15H,1-3H3,(H,27,31)(H,28,29,30). The summed E-state index contributed by atoms with van der Waals surface area (Å²) in [6.07, 6.45) is 0. The quantitative estimate of drug-likeness (QED) is 0.415. The highest BCUT2D eigenvalue weighted by atomic mass is 16.5. The van der Waals surface area contributed by atoms with E-state index in [0.29, 0.717) is 39.9 Å². The van der Waals surface area contributed by atoms with Crippen LogP contribution >= 0.6 is 0 Å². The average Bonchev–Trinajstić information content (AvgIpc) is 2.87. The predicted molar refractivity (Wildman–Crippen MR) is 130 cm³/mol. The number of hydrogen-bond donors (Lipinski definition) is 2. The first-order valence-corrected chi connectivity index (χ1v) is 10.4. The molecule has 8 heteroatoms. The number of nitrogens with zero attached hydrogens (tertiary/aromatic N) is 1. The topological polar surface area (TPSA) is 98.8 Å². The van der Waals surface area contributed by atoms with E-state index in [4.69, 9.17) is 14.2 Å². The van der Waals surface area contributed by atoms with Gasteiger partial charge in [-0.3, -0.25) is 9.59 Å². The van der Waals surface area contributed by atoms with Gasteiger partial charge in [0.1, 0.15) is 5.82 Å². The first-order chi connectivity index (χ1) is 16.5. The van der Waals surface area contributed by atoms with E-state index in [1.165, 1.54) is 21.3 Å². The number of pyridine rings is 1. The number of amides is 2. The van der Waals surface area contributed by atoms with Gasteiger partial charge in [-0.1, -0.05) is 24.3 Å². The minimum Gasteiger partial charge on any atom is -0.493 e. The molecule has 2 N–H and O–H groups in total. The minimum atomic E-state index is -0.395. The number of hydrogen-bond acceptors (Lipinski definition) is 6. The highest BCUT2D eigenvalue weighted by Gasteiger charge is 2.17. The molecule has 0 bridgehead atoms. The van der Waals surface area contributed by atoms with E-state index in [0.717, 1.165) is 10.9 Å². The molecule has 0 saturated heterocycles. The van der Waals surface area contributed by atoms with Crippen LogP contribution < -0.4 is 24.8 Å². The molecule has 0 aliphatic rings. The van der Waals surface area contributed by atoms with E-state index in [9.17, 15) is 9.59 Å². The second-order valence-electron chi connectivity index (χ2n) is 7.29. The maximum absolute atomic E-state index is 12.9. The number of carbonyl (C=O) groups is 2. The van der Waals surface area contributed by atoms with E-state index < -0.39 is 5.91 Å². The summed E-state index contributed by atoms with van der Waals surface area (Å²) in [5.41, 5.74) is 1.92. The number of para-hydroxylation sites is 1. The molecule has 2 amide bonds. The van der Waals surface area contributed by atoms with Crippen LogP contribution in [0, 0.1) is 0 Å². The molecule has 0 fully saturated rings. The summed E-state index contributed by atoms with van der Waals surface area (Å²) in [6.45, 7) is 0. The van der Waals surface area contributed by atoms with Crippen molar-refractivity contribution < 1.29 is 23.8 Å². The van der Waals surface area contributed by atoms with E-state index in [2.05, 4.69) is 15.6 Å². The van der Waals surface area contributed by atoms with Gasteiger partial charge in [-0.05, 0) is 48.5 Å². The van der Waals surface area contributed by atoms with Gasteiger partial charge in [0, 0.05) is 22.2 Å². The summed E-state index contributed by atoms with van der Waals surface area (Å²) in [5.74, 6) is 0.823. The van der Waals surface area contributed by atoms with Crippen LogP contribution in [-0.4, -0.2) is 38.1 Å². The average molecular weight is 457 g/mol. The van der Waals surface area contributed by atoms with Gasteiger partial charge < -0.3 is 24.8 Å². The molecule has 0 atom stereocenters. The lowest BCUT2D eigenvalue weighted by Crippen LogP contribution is -2.15. The second-order valence-corrected chi connectivity index (χ2v) is 7.29. The molecule has 8 nitrogen and oxygen atoms in total. The van der Waals surface area contributed by atoms with Crippen molar-refractivity contribution in [1.82, 2.24) is 4.98 Å². The fraction of sp³-hybridized carbons (Fsp3) is 0.115. The Morgan fingerprint density at radius 1 is 0.706 bits per heavy atom. The Morgan fingerprint density at radius 3 is 2.12 bits per heavy atom. The van der Waals surface area contributed by atoms with Gasteiger partial charge in [0.25, 0.3) is 11.8 Å². The van der Waals surface area contributed by atoms with Crippen LogP contribution in [0.25, 0.3) is 10.9 Å². The Bertz CT molecular complexity index is 1340. The Kier molecular flexibility index (Phi) is 6.59. The third kappa shape index (κ3) is 4.75. The molecule has 0 saturated carbocycles. The molecule has 1 heterocycles. The van der Waals surface area contributed by atoms with Gasteiger partial charge in [-0.25, -0.2) is 4.98 Å². The van der Waals surface area contributed by atoms with Gasteiger partial charge in [0.15, 0.2) is 11.5 Å². The maximum atomic E-state index is 12.9. The number of benzene rings is 3. The largest absolute Gasteiger partial charge is 0.493 e. The Balaban J connectivity index is 1.52. The lowest BCUT2D eigenvalue weighted by molar-refractivity contribution is 0.101. The zero-order valence-electron chi connectivity index (χ0n) is 18.9. The van der Waals surface area contributed by atoms with Gasteiger partial charge in [0.2, 0.25) is 5.75 Å². The fourth-order valence-electron chi connectivity index (χ4n) is 3.48. The van der Waals surface area contributed by atoms with Gasteiger partial charge >= 0.3 is 0 Å². The maximum Gasteiger partial charge on any atom is 0.256 e. The van der Waals surface area contributed by atoms with Gasteiger partial charge in [-0.2, -0.15) is 0 Å². The molecule has 0 spiro atoms. The van der Waals surface area contributed by atoms with Crippen molar-refractivity contribution in [3.8, 4) is 17.2 Å². The normalized spacial score (nSPS) is 10.4. The first kappa shape index (κ1) is 22.6. The second kappa shape index (κ2) is 9.91. The molecule has 0 radical (unpaired) electrons. The molecule has 1 aromatic heterocycles. The lowest BCUT2D eigenvalue weighted by atomic mass is 10.1. The molecular formula is C26H23N3O5. The number of anilines is 2. The molecular weight excluding hydrogens is 434 g/mol. The lowest BCUT2D eigenvalue weighted by Gasteiger charge is -2.14. The van der Waals surface area contributed by atoms with Crippen molar-refractivity contribution in [3.05, 3.63) is 83.9 Å². The minimum absolute atomic E-state index is 0.310. The molecule has 3 aromatic carbocycles. The molecule has 172 valence electrons. The van der Waals surface area contributed by atoms with Crippen molar-refractivity contribution in [1.29, 1.82) is 0 Å². The van der Waals surface area contributed by atoms with Crippen LogP contribution in [0.4, 0.5) is 11.5 Å². The number of methoxy groups -OCH3 is 3. The molecule has 0 unspecified atom stereocenters. The van der Waals surface area contributed by atoms with Crippen LogP contribution in [0.2, 0.25) is 0 Å². The molecule has 0 aliphatic carbocycles. The van der Waals surface area contributed by atoms with Crippen molar-refractivity contribution in [3.63, 3.8) is 0 Å². The first-order valence-electron chi connectivity index (χ1n) is 10.4. The van der Waals surface area contributed by atoms with E-state index in [1.807, 2.05) is 30.3 Å². The number of ether oxygens (including phenoxy) is 3. The monoisotopic (exact) mass is 457 g/mol. The molecule has 0 aliphatic heterocycles. The van der Waals surface area contributed by atoms with Crippen LogP contribution in [0.15, 0.2) is 72.8 Å². The zero-order chi connectivity index (χ0) is 24.1. The van der Waals surface area contributed by atoms with Gasteiger partial charge in [-0.15, -0.1) is 0 Å². The Hall–Kier alpha value is -4.59. The number of carbonyl (C=O) groups excluding carboxylic acids is 2. The number of nitrogens with one attached hydrogen (secondary N) is 2. The Labute approximate surface area is 196 Å². The van der Waals surface area contributed by atoms with Crippen molar-refractivity contribution in [2.75, 3.05) is 32.0 Å². The zero-order valence-corrected chi connectivity index (χ0v) is 18.9. The van der Waals surface area contributed by atoms with Crippen LogP contribution in [0.3, 0.4) is 0 Å². The highest BCUT2D eigenvalue weighted by molar-refractivity contribution is 6.07. The number of fused-ring (bicyclic) bond motifs is 1. The van der Waals surface area contributed by atoms with E-state index >= 15 is 0 Å². The highest BCUT2D eigenvalue weighted by Crippen LogP contribution is 2.38. The van der Waals surface area contributed by atoms with Crippen LogP contribution in [-0.2, 0) is 0 Å². The molecule has 34 heavy (non-hydrogen) atoms. The van der Waals surface area contributed by atoms with Crippen LogP contribution in [0.5, 0.6) is 17.2 Å². The Morgan fingerprint density at radius 2 is 1.41 bits per heavy atom. The predicted octanol–water partition coefficient (Wildman–Crippen LogP) is 4.77. The SMILES string of the molecule is COc1cc(C(=O)Nc2cccc(C(=O)Nc3ccc4ccccc4n3)c2)cc(OC)c1OC. The summed E-state index contributed by atoms with van der Waals surface area (Å²) >= 11 is 0. The summed E-state index contributed by atoms with van der Waals surface area (Å²) in [7, 11) is 4.45.